The Morgan fingerprint density at radius 2 is 0.534 bits per heavy atom. The minimum atomic E-state index is -0.783. The third kappa shape index (κ3) is 59.3. The summed E-state index contributed by atoms with van der Waals surface area (Å²) in [5.41, 5.74) is 0. The molecule has 420 valence electrons. The number of unbranched alkanes of at least 4 members (excludes halogenated alkanes) is 31. The fourth-order valence-electron chi connectivity index (χ4n) is 8.74. The van der Waals surface area contributed by atoms with Gasteiger partial charge in [-0.25, -0.2) is 0 Å². The standard InChI is InChI=1S/C67H116O6/c1-4-7-10-13-16-19-22-24-26-28-30-32-33-35-36-38-40-42-45-48-51-54-57-60-66(69)72-63-64(62-71-65(68)59-56-53-50-47-44-21-18-15-12-9-6-3)73-67(70)61-58-55-52-49-46-43-41-39-37-34-31-29-27-25-23-20-17-14-11-8-5-2/h7,10,16,19,23-26,29-32,35-36,64H,4-6,8-9,11-15,17-18,20-22,27-28,33-34,37-63H2,1-3H3/b10-7-,19-16-,25-23-,26-24-,31-29-,32-30-,36-35-. The summed E-state index contributed by atoms with van der Waals surface area (Å²) in [6.07, 6.45) is 80.1. The van der Waals surface area contributed by atoms with Crippen molar-refractivity contribution < 1.29 is 28.6 Å². The highest BCUT2D eigenvalue weighted by atomic mass is 16.6. The zero-order valence-electron chi connectivity index (χ0n) is 48.1. The van der Waals surface area contributed by atoms with Crippen LogP contribution in [-0.4, -0.2) is 37.2 Å². The van der Waals surface area contributed by atoms with E-state index in [1.807, 2.05) is 0 Å². The lowest BCUT2D eigenvalue weighted by molar-refractivity contribution is -0.167. The summed E-state index contributed by atoms with van der Waals surface area (Å²) >= 11 is 0. The van der Waals surface area contributed by atoms with Crippen molar-refractivity contribution in [1.82, 2.24) is 0 Å². The van der Waals surface area contributed by atoms with E-state index in [4.69, 9.17) is 14.2 Å². The second kappa shape index (κ2) is 61.1. The first-order valence-corrected chi connectivity index (χ1v) is 31.1. The molecule has 0 amide bonds. The van der Waals surface area contributed by atoms with Crippen LogP contribution in [0.15, 0.2) is 85.1 Å². The van der Waals surface area contributed by atoms with E-state index in [-0.39, 0.29) is 31.1 Å². The van der Waals surface area contributed by atoms with Crippen LogP contribution >= 0.6 is 0 Å². The molecule has 0 rings (SSSR count). The Hall–Kier alpha value is -3.41. The van der Waals surface area contributed by atoms with Crippen molar-refractivity contribution in [1.29, 1.82) is 0 Å². The van der Waals surface area contributed by atoms with Crippen LogP contribution in [0.25, 0.3) is 0 Å². The number of carbonyl (C=O) groups excluding carboxylic acids is 3. The van der Waals surface area contributed by atoms with Gasteiger partial charge in [-0.2, -0.15) is 0 Å². The minimum Gasteiger partial charge on any atom is -0.462 e. The highest BCUT2D eigenvalue weighted by Gasteiger charge is 2.19. The van der Waals surface area contributed by atoms with Gasteiger partial charge in [0.15, 0.2) is 6.10 Å². The van der Waals surface area contributed by atoms with Crippen LogP contribution in [0.3, 0.4) is 0 Å². The van der Waals surface area contributed by atoms with Crippen LogP contribution in [0.5, 0.6) is 0 Å². The molecule has 0 N–H and O–H groups in total. The summed E-state index contributed by atoms with van der Waals surface area (Å²) in [5.74, 6) is -0.885. The predicted octanol–water partition coefficient (Wildman–Crippen LogP) is 21.1. The minimum absolute atomic E-state index is 0.0795. The van der Waals surface area contributed by atoms with E-state index >= 15 is 0 Å². The molecule has 6 heteroatoms. The van der Waals surface area contributed by atoms with Crippen LogP contribution in [-0.2, 0) is 28.6 Å². The molecule has 0 aliphatic rings. The number of carbonyl (C=O) groups is 3. The van der Waals surface area contributed by atoms with Crippen molar-refractivity contribution in [3.8, 4) is 0 Å². The zero-order valence-corrected chi connectivity index (χ0v) is 48.1. The normalized spacial score (nSPS) is 12.6. The second-order valence-electron chi connectivity index (χ2n) is 20.6. The average Bonchev–Trinajstić information content (AvgIpc) is 3.39. The summed E-state index contributed by atoms with van der Waals surface area (Å²) in [5, 5.41) is 0. The molecule has 0 bridgehead atoms. The number of hydrogen-bond donors (Lipinski definition) is 0. The lowest BCUT2D eigenvalue weighted by Gasteiger charge is -2.18. The van der Waals surface area contributed by atoms with Gasteiger partial charge in [0.05, 0.1) is 0 Å². The van der Waals surface area contributed by atoms with E-state index in [1.54, 1.807) is 0 Å². The molecule has 1 unspecified atom stereocenters. The number of rotatable bonds is 56. The summed E-state index contributed by atoms with van der Waals surface area (Å²) < 4.78 is 16.9. The molecule has 0 radical (unpaired) electrons. The van der Waals surface area contributed by atoms with Gasteiger partial charge in [-0.05, 0) is 96.3 Å². The van der Waals surface area contributed by atoms with Gasteiger partial charge >= 0.3 is 17.9 Å². The maximum atomic E-state index is 12.9. The van der Waals surface area contributed by atoms with E-state index in [2.05, 4.69) is 106 Å². The SMILES string of the molecule is CC/C=C\C/C=C\C/C=C\C/C=C\C/C=C\CCCCCCCCCC(=O)OCC(COC(=O)CCCCCCCCCCCCC)OC(=O)CCCCCCCCCCC/C=C\C/C=C\CCCCCCC. The highest BCUT2D eigenvalue weighted by molar-refractivity contribution is 5.71. The molecule has 0 heterocycles. The zero-order chi connectivity index (χ0) is 52.9. The number of ether oxygens (including phenoxy) is 3. The van der Waals surface area contributed by atoms with Crippen molar-refractivity contribution in [2.24, 2.45) is 0 Å². The Balaban J connectivity index is 4.33. The van der Waals surface area contributed by atoms with Gasteiger partial charge in [0, 0.05) is 19.3 Å². The lowest BCUT2D eigenvalue weighted by atomic mass is 10.1. The van der Waals surface area contributed by atoms with Crippen molar-refractivity contribution in [3.63, 3.8) is 0 Å². The van der Waals surface area contributed by atoms with E-state index in [0.29, 0.717) is 19.3 Å². The molecule has 6 nitrogen and oxygen atoms in total. The molecule has 0 aromatic heterocycles. The topological polar surface area (TPSA) is 78.9 Å². The van der Waals surface area contributed by atoms with E-state index in [0.717, 1.165) is 103 Å². The molecule has 0 fully saturated rings. The summed E-state index contributed by atoms with van der Waals surface area (Å²) in [7, 11) is 0. The largest absolute Gasteiger partial charge is 0.462 e. The lowest BCUT2D eigenvalue weighted by Crippen LogP contribution is -2.30. The summed E-state index contributed by atoms with van der Waals surface area (Å²) in [6, 6.07) is 0. The van der Waals surface area contributed by atoms with Gasteiger partial charge < -0.3 is 14.2 Å². The van der Waals surface area contributed by atoms with Gasteiger partial charge in [-0.3, -0.25) is 14.4 Å². The van der Waals surface area contributed by atoms with Crippen molar-refractivity contribution in [2.75, 3.05) is 13.2 Å². The molecule has 0 spiro atoms. The van der Waals surface area contributed by atoms with Crippen LogP contribution in [0.4, 0.5) is 0 Å². The van der Waals surface area contributed by atoms with E-state index in [9.17, 15) is 14.4 Å². The molecular weight excluding hydrogens is 901 g/mol. The highest BCUT2D eigenvalue weighted by Crippen LogP contribution is 2.16. The number of allylic oxidation sites excluding steroid dienone is 14. The van der Waals surface area contributed by atoms with Gasteiger partial charge in [0.2, 0.25) is 0 Å². The Bertz CT molecular complexity index is 1400. The molecule has 0 aromatic carbocycles. The smallest absolute Gasteiger partial charge is 0.306 e. The fraction of sp³-hybridized carbons (Fsp3) is 0.746. The van der Waals surface area contributed by atoms with Crippen LogP contribution in [0, 0.1) is 0 Å². The third-order valence-electron chi connectivity index (χ3n) is 13.4. The van der Waals surface area contributed by atoms with Crippen molar-refractivity contribution >= 4 is 17.9 Å². The number of hydrogen-bond acceptors (Lipinski definition) is 6. The van der Waals surface area contributed by atoms with Crippen molar-refractivity contribution in [3.05, 3.63) is 85.1 Å². The molecule has 0 saturated heterocycles. The Morgan fingerprint density at radius 3 is 0.836 bits per heavy atom. The Labute approximate surface area is 452 Å². The van der Waals surface area contributed by atoms with Gasteiger partial charge in [0.1, 0.15) is 13.2 Å². The molecule has 0 saturated carbocycles. The fourth-order valence-corrected chi connectivity index (χ4v) is 8.74. The van der Waals surface area contributed by atoms with Gasteiger partial charge in [-0.1, -0.05) is 273 Å². The monoisotopic (exact) mass is 1020 g/mol. The van der Waals surface area contributed by atoms with Crippen molar-refractivity contribution in [2.45, 2.75) is 309 Å². The first-order chi connectivity index (χ1) is 36.0. The van der Waals surface area contributed by atoms with E-state index < -0.39 is 6.10 Å². The molecule has 73 heavy (non-hydrogen) atoms. The third-order valence-corrected chi connectivity index (χ3v) is 13.4. The Kier molecular flexibility index (Phi) is 58.3. The average molecular weight is 1020 g/mol. The van der Waals surface area contributed by atoms with Crippen LogP contribution in [0.1, 0.15) is 303 Å². The first-order valence-electron chi connectivity index (χ1n) is 31.1. The molecular formula is C67H116O6. The predicted molar refractivity (Wildman–Crippen MR) is 316 cm³/mol. The second-order valence-corrected chi connectivity index (χ2v) is 20.6. The quantitative estimate of drug-likeness (QED) is 0.0261. The van der Waals surface area contributed by atoms with E-state index in [1.165, 1.54) is 161 Å². The van der Waals surface area contributed by atoms with Gasteiger partial charge in [-0.15, -0.1) is 0 Å². The van der Waals surface area contributed by atoms with Gasteiger partial charge in [0.25, 0.3) is 0 Å². The number of esters is 3. The summed E-state index contributed by atoms with van der Waals surface area (Å²) in [6.45, 7) is 6.52. The maximum Gasteiger partial charge on any atom is 0.306 e. The van der Waals surface area contributed by atoms with Crippen LogP contribution in [0.2, 0.25) is 0 Å². The van der Waals surface area contributed by atoms with Crippen LogP contribution < -0.4 is 0 Å². The maximum absolute atomic E-state index is 12.9. The summed E-state index contributed by atoms with van der Waals surface area (Å²) in [4.78, 5) is 38.2. The first kappa shape index (κ1) is 69.6. The Morgan fingerprint density at radius 1 is 0.288 bits per heavy atom. The molecule has 0 aliphatic carbocycles. The molecule has 0 aromatic rings. The molecule has 1 atom stereocenters. The molecule has 0 aliphatic heterocycles.